The van der Waals surface area contributed by atoms with E-state index in [1.165, 1.54) is 31.8 Å². The molecule has 2 aliphatic heterocycles. The molecule has 0 saturated carbocycles. The summed E-state index contributed by atoms with van der Waals surface area (Å²) in [6, 6.07) is 0.687. The summed E-state index contributed by atoms with van der Waals surface area (Å²) in [6.07, 6.45) is 9.78. The Balaban J connectivity index is 1.92. The molecule has 0 atom stereocenters. The largest absolute Gasteiger partial charge is 0.368 e. The van der Waals surface area contributed by atoms with Gasteiger partial charge in [-0.3, -0.25) is 0 Å². The maximum absolute atomic E-state index is 3.36. The van der Waals surface area contributed by atoms with Gasteiger partial charge in [0, 0.05) is 19.6 Å². The van der Waals surface area contributed by atoms with Crippen LogP contribution in [0.5, 0.6) is 0 Å². The number of nitrogens with zero attached hydrogens (tertiary/aromatic N) is 2. The maximum Gasteiger partial charge on any atom is 0.102 e. The third kappa shape index (κ3) is 2.53. The van der Waals surface area contributed by atoms with Gasteiger partial charge >= 0.3 is 0 Å². The Morgan fingerprint density at radius 2 is 2.20 bits per heavy atom. The van der Waals surface area contributed by atoms with E-state index in [0.717, 1.165) is 6.54 Å². The molecule has 1 radical (unpaired) electrons. The van der Waals surface area contributed by atoms with Crippen molar-refractivity contribution in [3.05, 3.63) is 24.0 Å². The quantitative estimate of drug-likeness (QED) is 0.721. The molecule has 0 spiro atoms. The predicted molar refractivity (Wildman–Crippen MR) is 62.2 cm³/mol. The summed E-state index contributed by atoms with van der Waals surface area (Å²) in [5, 5.41) is 3.36. The van der Waals surface area contributed by atoms with Crippen molar-refractivity contribution in [1.82, 2.24) is 15.1 Å². The van der Waals surface area contributed by atoms with E-state index in [4.69, 9.17) is 0 Å². The second-order valence-corrected chi connectivity index (χ2v) is 4.42. The third-order valence-electron chi connectivity index (χ3n) is 3.35. The zero-order valence-electron chi connectivity index (χ0n) is 9.66. The number of allylic oxidation sites excluding steroid dienone is 2. The predicted octanol–water partition coefficient (Wildman–Crippen LogP) is 0.816. The van der Waals surface area contributed by atoms with Crippen molar-refractivity contribution in [2.45, 2.75) is 18.9 Å². The topological polar surface area (TPSA) is 18.5 Å². The van der Waals surface area contributed by atoms with Gasteiger partial charge in [0.05, 0.1) is 0 Å². The van der Waals surface area contributed by atoms with Crippen LogP contribution in [0.15, 0.2) is 18.0 Å². The van der Waals surface area contributed by atoms with Crippen LogP contribution in [0.3, 0.4) is 0 Å². The lowest BCUT2D eigenvalue weighted by Gasteiger charge is -2.37. The molecule has 1 fully saturated rings. The molecule has 1 saturated heterocycles. The van der Waals surface area contributed by atoms with E-state index >= 15 is 0 Å². The number of nitrogens with one attached hydrogen (secondary N) is 1. The average Bonchev–Trinajstić information content (AvgIpc) is 2.30. The van der Waals surface area contributed by atoms with Gasteiger partial charge < -0.3 is 15.1 Å². The minimum atomic E-state index is 0.687. The molecule has 0 amide bonds. The summed E-state index contributed by atoms with van der Waals surface area (Å²) >= 11 is 0. The second-order valence-electron chi connectivity index (χ2n) is 4.42. The smallest absolute Gasteiger partial charge is 0.102 e. The Morgan fingerprint density at radius 1 is 1.47 bits per heavy atom. The molecule has 2 aliphatic rings. The zero-order valence-corrected chi connectivity index (χ0v) is 9.66. The molecule has 0 aliphatic carbocycles. The van der Waals surface area contributed by atoms with E-state index in [9.17, 15) is 0 Å². The molecular weight excluding hydrogens is 186 g/mol. The lowest BCUT2D eigenvalue weighted by atomic mass is 10.0. The Labute approximate surface area is 92.4 Å². The van der Waals surface area contributed by atoms with Gasteiger partial charge in [-0.25, -0.2) is 0 Å². The number of hydrogen-bond donors (Lipinski definition) is 1. The van der Waals surface area contributed by atoms with E-state index in [-0.39, 0.29) is 0 Å². The van der Waals surface area contributed by atoms with E-state index in [2.05, 4.69) is 41.4 Å². The Bertz CT molecular complexity index is 262. The zero-order chi connectivity index (χ0) is 10.7. The van der Waals surface area contributed by atoms with Crippen LogP contribution in [0.1, 0.15) is 12.8 Å². The molecule has 1 N–H and O–H groups in total. The SMILES string of the molecule is CN1CCC(N(C)C2=CC=[C]CN2)CC1. The Morgan fingerprint density at radius 3 is 2.80 bits per heavy atom. The van der Waals surface area contributed by atoms with Crippen molar-refractivity contribution in [3.8, 4) is 0 Å². The highest BCUT2D eigenvalue weighted by Crippen LogP contribution is 2.17. The van der Waals surface area contributed by atoms with Crippen LogP contribution in [-0.2, 0) is 0 Å². The van der Waals surface area contributed by atoms with E-state index in [0.29, 0.717) is 6.04 Å². The van der Waals surface area contributed by atoms with Crippen LogP contribution in [0.4, 0.5) is 0 Å². The molecule has 0 unspecified atom stereocenters. The molecular formula is C12H20N3. The van der Waals surface area contributed by atoms with Crippen LogP contribution in [0.2, 0.25) is 0 Å². The maximum atomic E-state index is 3.36. The van der Waals surface area contributed by atoms with Crippen LogP contribution < -0.4 is 5.32 Å². The summed E-state index contributed by atoms with van der Waals surface area (Å²) in [4.78, 5) is 4.78. The molecule has 0 bridgehead atoms. The highest BCUT2D eigenvalue weighted by Gasteiger charge is 2.21. The minimum Gasteiger partial charge on any atom is -0.368 e. The van der Waals surface area contributed by atoms with E-state index < -0.39 is 0 Å². The Kier molecular flexibility index (Phi) is 3.31. The number of dihydropyridines is 1. The van der Waals surface area contributed by atoms with E-state index in [1.54, 1.807) is 0 Å². The van der Waals surface area contributed by atoms with Crippen molar-refractivity contribution in [1.29, 1.82) is 0 Å². The molecule has 0 aromatic heterocycles. The highest BCUT2D eigenvalue weighted by molar-refractivity contribution is 5.13. The lowest BCUT2D eigenvalue weighted by Crippen LogP contribution is -2.44. The molecule has 3 heteroatoms. The fourth-order valence-corrected chi connectivity index (χ4v) is 2.22. The molecule has 2 heterocycles. The summed E-state index contributed by atoms with van der Waals surface area (Å²) in [6.45, 7) is 3.26. The second kappa shape index (κ2) is 4.71. The van der Waals surface area contributed by atoms with E-state index in [1.807, 2.05) is 6.08 Å². The number of likely N-dealkylation sites (tertiary alicyclic amines) is 1. The normalized spacial score (nSPS) is 23.5. The van der Waals surface area contributed by atoms with Gasteiger partial charge in [-0.2, -0.15) is 0 Å². The summed E-state index contributed by atoms with van der Waals surface area (Å²) in [5.74, 6) is 1.24. The van der Waals surface area contributed by atoms with Gasteiger partial charge in [0.25, 0.3) is 0 Å². The number of piperidine rings is 1. The average molecular weight is 206 g/mol. The molecule has 83 valence electrons. The fourth-order valence-electron chi connectivity index (χ4n) is 2.22. The monoisotopic (exact) mass is 206 g/mol. The molecule has 15 heavy (non-hydrogen) atoms. The van der Waals surface area contributed by atoms with Gasteiger partial charge in [0.2, 0.25) is 0 Å². The van der Waals surface area contributed by atoms with Gasteiger partial charge in [-0.05, 0) is 45.1 Å². The van der Waals surface area contributed by atoms with Gasteiger partial charge in [0.15, 0.2) is 0 Å². The minimum absolute atomic E-state index is 0.687. The van der Waals surface area contributed by atoms with Crippen LogP contribution in [0.25, 0.3) is 0 Å². The fraction of sp³-hybridized carbons (Fsp3) is 0.667. The van der Waals surface area contributed by atoms with Crippen LogP contribution in [0, 0.1) is 6.08 Å². The Hall–Kier alpha value is -0.960. The third-order valence-corrected chi connectivity index (χ3v) is 3.35. The first kappa shape index (κ1) is 10.6. The van der Waals surface area contributed by atoms with Crippen molar-refractivity contribution in [2.24, 2.45) is 0 Å². The van der Waals surface area contributed by atoms with Gasteiger partial charge in [-0.15, -0.1) is 0 Å². The van der Waals surface area contributed by atoms with Crippen LogP contribution in [-0.4, -0.2) is 49.6 Å². The molecule has 0 aromatic carbocycles. The van der Waals surface area contributed by atoms with Crippen molar-refractivity contribution in [2.75, 3.05) is 33.7 Å². The van der Waals surface area contributed by atoms with Crippen molar-refractivity contribution >= 4 is 0 Å². The lowest BCUT2D eigenvalue weighted by molar-refractivity contribution is 0.164. The van der Waals surface area contributed by atoms with Gasteiger partial charge in [0.1, 0.15) is 5.82 Å². The summed E-state index contributed by atoms with van der Waals surface area (Å²) in [7, 11) is 4.39. The summed E-state index contributed by atoms with van der Waals surface area (Å²) in [5.41, 5.74) is 0. The highest BCUT2D eigenvalue weighted by atomic mass is 15.3. The van der Waals surface area contributed by atoms with Crippen LogP contribution >= 0.6 is 0 Å². The first-order chi connectivity index (χ1) is 7.27. The number of hydrogen-bond acceptors (Lipinski definition) is 3. The van der Waals surface area contributed by atoms with Crippen molar-refractivity contribution in [3.63, 3.8) is 0 Å². The summed E-state index contributed by atoms with van der Waals surface area (Å²) < 4.78 is 0. The molecule has 0 aromatic rings. The number of rotatable bonds is 2. The standard InChI is InChI=1S/C12H20N3/c1-14-9-6-11(7-10-14)15(2)12-5-3-4-8-13-12/h3,5,11,13H,6-10H2,1-2H3. The molecule has 2 rings (SSSR count). The first-order valence-electron chi connectivity index (χ1n) is 5.69. The van der Waals surface area contributed by atoms with Crippen molar-refractivity contribution < 1.29 is 0 Å². The first-order valence-corrected chi connectivity index (χ1v) is 5.69. The molecule has 3 nitrogen and oxygen atoms in total. The van der Waals surface area contributed by atoms with Gasteiger partial charge in [-0.1, -0.05) is 6.08 Å².